The third-order valence-electron chi connectivity index (χ3n) is 0.965. The molecule has 0 amide bonds. The molecule has 0 aliphatic rings. The molecule has 0 aromatic rings. The fourth-order valence-electron chi connectivity index (χ4n) is 0.464. The Morgan fingerprint density at radius 1 is 1.36 bits per heavy atom. The second kappa shape index (κ2) is 5.43. The Morgan fingerprint density at radius 2 is 1.82 bits per heavy atom. The van der Waals surface area contributed by atoms with Gasteiger partial charge in [0.05, 0.1) is 6.42 Å². The van der Waals surface area contributed by atoms with Crippen LogP contribution in [0.1, 0.15) is 13.3 Å². The molecular weight excluding hydrogens is 150 g/mol. The summed E-state index contributed by atoms with van der Waals surface area (Å²) < 4.78 is 0. The molecule has 0 rings (SSSR count). The normalized spacial score (nSPS) is 10.1. The molecule has 5 N–H and O–H groups in total. The molecule has 0 bridgehead atoms. The molecule has 0 spiro atoms. The number of aliphatic carboxylic acids is 2. The molecule has 0 unspecified atom stereocenters. The summed E-state index contributed by atoms with van der Waals surface area (Å²) in [5.74, 6) is -2.31. The first-order valence-corrected chi connectivity index (χ1v) is 2.68. The quantitative estimate of drug-likeness (QED) is 0.526. The van der Waals surface area contributed by atoms with E-state index in [1.807, 2.05) is 0 Å². The van der Waals surface area contributed by atoms with E-state index in [9.17, 15) is 9.59 Å². The van der Waals surface area contributed by atoms with E-state index in [0.717, 1.165) is 0 Å². The third kappa shape index (κ3) is 5.10. The fourth-order valence-corrected chi connectivity index (χ4v) is 0.464. The minimum Gasteiger partial charge on any atom is -0.481 e. The summed E-state index contributed by atoms with van der Waals surface area (Å²) in [5, 5.41) is 16.5. The molecule has 64 valence electrons. The predicted octanol–water partition coefficient (Wildman–Crippen LogP) is 0.654. The van der Waals surface area contributed by atoms with E-state index in [4.69, 9.17) is 10.2 Å². The molecule has 5 heteroatoms. The lowest BCUT2D eigenvalue weighted by Crippen LogP contribution is -2.05. The number of carboxylic acid groups (broad SMARTS) is 2. The van der Waals surface area contributed by atoms with Crippen LogP contribution in [0.25, 0.3) is 0 Å². The summed E-state index contributed by atoms with van der Waals surface area (Å²) in [4.78, 5) is 20.1. The van der Waals surface area contributed by atoms with Crippen LogP contribution in [-0.2, 0) is 9.59 Å². The number of carboxylic acids is 2. The summed E-state index contributed by atoms with van der Waals surface area (Å²) in [5.41, 5.74) is -0.0903. The zero-order valence-electron chi connectivity index (χ0n) is 6.20. The van der Waals surface area contributed by atoms with Crippen LogP contribution in [0.3, 0.4) is 0 Å². The van der Waals surface area contributed by atoms with E-state index in [0.29, 0.717) is 0 Å². The Balaban J connectivity index is 0. The molecule has 0 aromatic carbocycles. The molecule has 11 heavy (non-hydrogen) atoms. The van der Waals surface area contributed by atoms with Gasteiger partial charge in [-0.3, -0.25) is 4.79 Å². The lowest BCUT2D eigenvalue weighted by atomic mass is 10.2. The highest BCUT2D eigenvalue weighted by atomic mass is 16.4. The Morgan fingerprint density at radius 3 is 1.91 bits per heavy atom. The predicted molar refractivity (Wildman–Crippen MR) is 38.7 cm³/mol. The van der Waals surface area contributed by atoms with Crippen molar-refractivity contribution in [1.29, 1.82) is 0 Å². The Hall–Kier alpha value is -1.36. The second-order valence-corrected chi connectivity index (χ2v) is 1.69. The van der Waals surface area contributed by atoms with E-state index in [1.54, 1.807) is 0 Å². The summed E-state index contributed by atoms with van der Waals surface area (Å²) in [6.45, 7) is 1.49. The average molecular weight is 161 g/mol. The first-order valence-electron chi connectivity index (χ1n) is 2.68. The smallest absolute Gasteiger partial charge is 0.331 e. The molecule has 0 aromatic heterocycles. The molecule has 0 heterocycles. The average Bonchev–Trinajstić information content (AvgIpc) is 1.81. The van der Waals surface area contributed by atoms with Gasteiger partial charge in [-0.1, -0.05) is 6.08 Å². The van der Waals surface area contributed by atoms with Crippen LogP contribution in [-0.4, -0.2) is 22.2 Å². The second-order valence-electron chi connectivity index (χ2n) is 1.69. The van der Waals surface area contributed by atoms with Crippen molar-refractivity contribution in [3.8, 4) is 0 Å². The first-order chi connectivity index (χ1) is 4.57. The van der Waals surface area contributed by atoms with Crippen molar-refractivity contribution in [1.82, 2.24) is 6.15 Å². The van der Waals surface area contributed by atoms with Gasteiger partial charge in [0.1, 0.15) is 0 Å². The van der Waals surface area contributed by atoms with Gasteiger partial charge in [-0.05, 0) is 6.92 Å². The highest BCUT2D eigenvalue weighted by Crippen LogP contribution is 1.99. The minimum absolute atomic E-state index is 0. The Kier molecular flexibility index (Phi) is 6.08. The fraction of sp³-hybridized carbons (Fsp3) is 0.333. The van der Waals surface area contributed by atoms with E-state index in [-0.39, 0.29) is 11.7 Å². The highest BCUT2D eigenvalue weighted by molar-refractivity contribution is 5.91. The van der Waals surface area contributed by atoms with Gasteiger partial charge < -0.3 is 16.4 Å². The van der Waals surface area contributed by atoms with Gasteiger partial charge in [0, 0.05) is 5.57 Å². The van der Waals surface area contributed by atoms with Crippen molar-refractivity contribution in [3.05, 3.63) is 11.6 Å². The monoisotopic (exact) mass is 161 g/mol. The Bertz CT molecular complexity index is 185. The van der Waals surface area contributed by atoms with E-state index in [2.05, 4.69) is 0 Å². The summed E-state index contributed by atoms with van der Waals surface area (Å²) in [6, 6.07) is 0. The van der Waals surface area contributed by atoms with E-state index < -0.39 is 18.4 Å². The Labute approximate surface area is 63.9 Å². The molecule has 0 saturated heterocycles. The van der Waals surface area contributed by atoms with Gasteiger partial charge in [-0.25, -0.2) is 4.79 Å². The number of hydrogen-bond donors (Lipinski definition) is 3. The molecule has 5 nitrogen and oxygen atoms in total. The zero-order valence-corrected chi connectivity index (χ0v) is 6.20. The van der Waals surface area contributed by atoms with Crippen molar-refractivity contribution in [2.75, 3.05) is 0 Å². The first kappa shape index (κ1) is 12.3. The van der Waals surface area contributed by atoms with Gasteiger partial charge in [0.2, 0.25) is 0 Å². The van der Waals surface area contributed by atoms with Crippen LogP contribution in [0.2, 0.25) is 0 Å². The van der Waals surface area contributed by atoms with Gasteiger partial charge in [0.25, 0.3) is 0 Å². The summed E-state index contributed by atoms with van der Waals surface area (Å²) in [6.07, 6.45) is 0.849. The maximum atomic E-state index is 10.1. The summed E-state index contributed by atoms with van der Waals surface area (Å²) >= 11 is 0. The molecule has 0 fully saturated rings. The third-order valence-corrected chi connectivity index (χ3v) is 0.965. The lowest BCUT2D eigenvalue weighted by Gasteiger charge is -1.93. The van der Waals surface area contributed by atoms with Crippen molar-refractivity contribution in [2.24, 2.45) is 0 Å². The minimum atomic E-state index is -1.18. The van der Waals surface area contributed by atoms with Gasteiger partial charge >= 0.3 is 11.9 Å². The lowest BCUT2D eigenvalue weighted by molar-refractivity contribution is -0.139. The number of rotatable bonds is 3. The van der Waals surface area contributed by atoms with Crippen LogP contribution in [0, 0.1) is 0 Å². The molecule has 0 radical (unpaired) electrons. The maximum Gasteiger partial charge on any atom is 0.331 e. The van der Waals surface area contributed by atoms with Gasteiger partial charge in [0.15, 0.2) is 0 Å². The van der Waals surface area contributed by atoms with Crippen LogP contribution in [0.5, 0.6) is 0 Å². The van der Waals surface area contributed by atoms with Gasteiger partial charge in [-0.15, -0.1) is 0 Å². The topological polar surface area (TPSA) is 110 Å². The number of hydrogen-bond acceptors (Lipinski definition) is 3. The van der Waals surface area contributed by atoms with E-state index in [1.165, 1.54) is 13.0 Å². The van der Waals surface area contributed by atoms with Crippen molar-refractivity contribution >= 4 is 11.9 Å². The van der Waals surface area contributed by atoms with E-state index >= 15 is 0 Å². The molecular formula is C6H11NO4. The number of allylic oxidation sites excluding steroid dienone is 1. The molecule has 0 atom stereocenters. The SMILES string of the molecule is CC=C(CC(=O)O)C(=O)O.N. The van der Waals surface area contributed by atoms with Crippen molar-refractivity contribution < 1.29 is 19.8 Å². The van der Waals surface area contributed by atoms with Crippen LogP contribution in [0.15, 0.2) is 11.6 Å². The number of carbonyl (C=O) groups is 2. The zero-order chi connectivity index (χ0) is 8.15. The maximum absolute atomic E-state index is 10.1. The highest BCUT2D eigenvalue weighted by Gasteiger charge is 2.09. The molecule has 0 saturated carbocycles. The van der Waals surface area contributed by atoms with Crippen molar-refractivity contribution in [3.63, 3.8) is 0 Å². The van der Waals surface area contributed by atoms with Crippen LogP contribution >= 0.6 is 0 Å². The van der Waals surface area contributed by atoms with Crippen LogP contribution < -0.4 is 6.15 Å². The standard InChI is InChI=1S/C6H8O4.H3N/c1-2-4(6(9)10)3-5(7)8;/h2H,3H2,1H3,(H,7,8)(H,9,10);1H3. The largest absolute Gasteiger partial charge is 0.481 e. The van der Waals surface area contributed by atoms with Crippen molar-refractivity contribution in [2.45, 2.75) is 13.3 Å². The van der Waals surface area contributed by atoms with Gasteiger partial charge in [-0.2, -0.15) is 0 Å². The van der Waals surface area contributed by atoms with Crippen LogP contribution in [0.4, 0.5) is 0 Å². The molecule has 0 aliphatic heterocycles. The molecule has 0 aliphatic carbocycles. The summed E-state index contributed by atoms with van der Waals surface area (Å²) in [7, 11) is 0.